The van der Waals surface area contributed by atoms with E-state index in [4.69, 9.17) is 23.1 Å². The summed E-state index contributed by atoms with van der Waals surface area (Å²) in [6, 6.07) is 3.21. The molecule has 1 aliphatic heterocycles. The Morgan fingerprint density at radius 2 is 1.91 bits per heavy atom. The Balaban J connectivity index is 2.14. The number of hydrogen-bond acceptors (Lipinski definition) is 6. The number of rotatable bonds is 1. The van der Waals surface area contributed by atoms with Crippen LogP contribution in [0.1, 0.15) is 32.1 Å². The SMILES string of the molecule is NC1=NC2(CCCCC2)N(c2cc(O)c(Cl)cc2Br)C(N)=N1. The second-order valence-corrected chi connectivity index (χ2v) is 6.84. The fraction of sp³-hybridized carbons (Fsp3) is 0.429. The Labute approximate surface area is 142 Å². The normalized spacial score (nSPS) is 20.7. The number of aliphatic imine (C=N–C) groups is 2. The molecule has 0 aromatic heterocycles. The van der Waals surface area contributed by atoms with Gasteiger partial charge in [0.15, 0.2) is 0 Å². The van der Waals surface area contributed by atoms with E-state index in [-0.39, 0.29) is 22.7 Å². The molecular weight excluding hydrogens is 370 g/mol. The molecule has 1 fully saturated rings. The second-order valence-electron chi connectivity index (χ2n) is 5.57. The minimum atomic E-state index is -0.545. The average molecular weight is 387 g/mol. The quantitative estimate of drug-likeness (QED) is 0.691. The van der Waals surface area contributed by atoms with Crippen LogP contribution in [0.2, 0.25) is 5.02 Å². The molecule has 1 heterocycles. The van der Waals surface area contributed by atoms with Crippen molar-refractivity contribution in [2.45, 2.75) is 37.8 Å². The molecular formula is C14H17BrClN5O. The zero-order chi connectivity index (χ0) is 15.9. The van der Waals surface area contributed by atoms with E-state index in [0.717, 1.165) is 32.1 Å². The summed E-state index contributed by atoms with van der Waals surface area (Å²) < 4.78 is 0.717. The molecule has 1 saturated carbocycles. The van der Waals surface area contributed by atoms with Crippen molar-refractivity contribution in [2.75, 3.05) is 4.90 Å². The predicted molar refractivity (Wildman–Crippen MR) is 92.4 cm³/mol. The number of halogens is 2. The van der Waals surface area contributed by atoms with Gasteiger partial charge in [-0.3, -0.25) is 4.90 Å². The van der Waals surface area contributed by atoms with E-state index in [1.165, 1.54) is 0 Å². The zero-order valence-electron chi connectivity index (χ0n) is 11.9. The first kappa shape index (κ1) is 15.4. The van der Waals surface area contributed by atoms with E-state index in [1.807, 2.05) is 4.90 Å². The Hall–Kier alpha value is -1.47. The largest absolute Gasteiger partial charge is 0.506 e. The minimum absolute atomic E-state index is 0.0128. The lowest BCUT2D eigenvalue weighted by atomic mass is 9.87. The summed E-state index contributed by atoms with van der Waals surface area (Å²) in [7, 11) is 0. The average Bonchev–Trinajstić information content (AvgIpc) is 2.44. The number of aromatic hydroxyl groups is 1. The van der Waals surface area contributed by atoms with Crippen molar-refractivity contribution in [3.8, 4) is 5.75 Å². The number of benzene rings is 1. The van der Waals surface area contributed by atoms with E-state index < -0.39 is 5.66 Å². The first-order chi connectivity index (χ1) is 10.4. The van der Waals surface area contributed by atoms with Crippen molar-refractivity contribution in [2.24, 2.45) is 21.5 Å². The van der Waals surface area contributed by atoms with E-state index in [1.54, 1.807) is 12.1 Å². The van der Waals surface area contributed by atoms with E-state index >= 15 is 0 Å². The highest BCUT2D eigenvalue weighted by atomic mass is 79.9. The highest BCUT2D eigenvalue weighted by molar-refractivity contribution is 9.10. The maximum absolute atomic E-state index is 9.96. The van der Waals surface area contributed by atoms with Crippen LogP contribution in [0.25, 0.3) is 0 Å². The first-order valence-corrected chi connectivity index (χ1v) is 8.28. The number of nitrogens with two attached hydrogens (primary N) is 2. The number of anilines is 1. The first-order valence-electron chi connectivity index (χ1n) is 7.11. The summed E-state index contributed by atoms with van der Waals surface area (Å²) >= 11 is 9.44. The monoisotopic (exact) mass is 385 g/mol. The lowest BCUT2D eigenvalue weighted by Gasteiger charge is -2.45. The molecule has 0 radical (unpaired) electrons. The minimum Gasteiger partial charge on any atom is -0.506 e. The van der Waals surface area contributed by atoms with Crippen molar-refractivity contribution in [1.29, 1.82) is 0 Å². The number of nitrogens with zero attached hydrogens (tertiary/aromatic N) is 3. The molecule has 1 aromatic rings. The Kier molecular flexibility index (Phi) is 3.94. The van der Waals surface area contributed by atoms with Gasteiger partial charge >= 0.3 is 0 Å². The van der Waals surface area contributed by atoms with Crippen molar-refractivity contribution < 1.29 is 5.11 Å². The maximum atomic E-state index is 9.96. The van der Waals surface area contributed by atoms with Gasteiger partial charge in [-0.1, -0.05) is 18.0 Å². The molecule has 3 rings (SSSR count). The highest BCUT2D eigenvalue weighted by Crippen LogP contribution is 2.44. The summed E-state index contributed by atoms with van der Waals surface area (Å²) in [6.07, 6.45) is 4.91. The molecule has 22 heavy (non-hydrogen) atoms. The lowest BCUT2D eigenvalue weighted by Crippen LogP contribution is -2.58. The fourth-order valence-corrected chi connectivity index (χ4v) is 3.98. The zero-order valence-corrected chi connectivity index (χ0v) is 14.2. The van der Waals surface area contributed by atoms with Crippen LogP contribution in [-0.4, -0.2) is 22.7 Å². The molecule has 1 aromatic carbocycles. The third kappa shape index (κ3) is 2.52. The molecule has 0 amide bonds. The third-order valence-electron chi connectivity index (χ3n) is 4.11. The van der Waals surface area contributed by atoms with E-state index in [9.17, 15) is 5.11 Å². The van der Waals surface area contributed by atoms with Gasteiger partial charge < -0.3 is 16.6 Å². The summed E-state index contributed by atoms with van der Waals surface area (Å²) in [4.78, 5) is 10.5. The number of guanidine groups is 2. The Morgan fingerprint density at radius 3 is 2.59 bits per heavy atom. The molecule has 6 nitrogen and oxygen atoms in total. The van der Waals surface area contributed by atoms with Crippen LogP contribution in [0.15, 0.2) is 26.6 Å². The van der Waals surface area contributed by atoms with Crippen LogP contribution in [0.4, 0.5) is 5.69 Å². The molecule has 0 atom stereocenters. The Bertz CT molecular complexity index is 669. The molecule has 118 valence electrons. The summed E-state index contributed by atoms with van der Waals surface area (Å²) in [5, 5.41) is 10.2. The highest BCUT2D eigenvalue weighted by Gasteiger charge is 2.43. The number of phenols is 1. The van der Waals surface area contributed by atoms with E-state index in [0.29, 0.717) is 10.2 Å². The van der Waals surface area contributed by atoms with Crippen molar-refractivity contribution in [3.05, 3.63) is 21.6 Å². The molecule has 8 heteroatoms. The van der Waals surface area contributed by atoms with Gasteiger partial charge in [0.25, 0.3) is 0 Å². The molecule has 1 spiro atoms. The molecule has 0 bridgehead atoms. The van der Waals surface area contributed by atoms with Crippen LogP contribution in [0.3, 0.4) is 0 Å². The molecule has 0 unspecified atom stereocenters. The smallest absolute Gasteiger partial charge is 0.220 e. The second kappa shape index (κ2) is 5.62. The van der Waals surface area contributed by atoms with Crippen molar-refractivity contribution in [1.82, 2.24) is 0 Å². The molecule has 1 aliphatic carbocycles. The van der Waals surface area contributed by atoms with Crippen LogP contribution in [-0.2, 0) is 0 Å². The molecule has 0 saturated heterocycles. The van der Waals surface area contributed by atoms with Crippen molar-refractivity contribution >= 4 is 45.1 Å². The van der Waals surface area contributed by atoms with Crippen LogP contribution >= 0.6 is 27.5 Å². The van der Waals surface area contributed by atoms with Crippen LogP contribution in [0, 0.1) is 0 Å². The number of phenolic OH excluding ortho intramolecular Hbond substituents is 1. The lowest BCUT2D eigenvalue weighted by molar-refractivity contribution is 0.305. The van der Waals surface area contributed by atoms with Gasteiger partial charge in [-0.25, -0.2) is 4.99 Å². The standard InChI is InChI=1S/C14H17BrClN5O/c15-8-6-9(16)11(22)7-10(8)21-13(18)19-12(17)20-14(21)4-2-1-3-5-14/h6-7,22H,1-5H2,(H4,17,18,19,20). The van der Waals surface area contributed by atoms with Gasteiger partial charge in [0.05, 0.1) is 10.7 Å². The van der Waals surface area contributed by atoms with Crippen LogP contribution < -0.4 is 16.4 Å². The van der Waals surface area contributed by atoms with Gasteiger partial charge in [0.2, 0.25) is 11.9 Å². The van der Waals surface area contributed by atoms with Gasteiger partial charge in [-0.15, -0.1) is 0 Å². The summed E-state index contributed by atoms with van der Waals surface area (Å²) in [5.74, 6) is 0.461. The van der Waals surface area contributed by atoms with Gasteiger partial charge in [0, 0.05) is 10.5 Å². The summed E-state index contributed by atoms with van der Waals surface area (Å²) in [5.41, 5.74) is 12.1. The van der Waals surface area contributed by atoms with Gasteiger partial charge in [0.1, 0.15) is 11.4 Å². The van der Waals surface area contributed by atoms with Gasteiger partial charge in [-0.05, 0) is 47.7 Å². The van der Waals surface area contributed by atoms with E-state index in [2.05, 4.69) is 25.9 Å². The number of hydrogen-bond donors (Lipinski definition) is 3. The molecule has 2 aliphatic rings. The fourth-order valence-electron chi connectivity index (χ4n) is 3.17. The van der Waals surface area contributed by atoms with Crippen LogP contribution in [0.5, 0.6) is 5.75 Å². The Morgan fingerprint density at radius 1 is 1.23 bits per heavy atom. The topological polar surface area (TPSA) is 100 Å². The molecule has 5 N–H and O–H groups in total. The maximum Gasteiger partial charge on any atom is 0.220 e. The van der Waals surface area contributed by atoms with Crippen molar-refractivity contribution in [3.63, 3.8) is 0 Å². The predicted octanol–water partition coefficient (Wildman–Crippen LogP) is 2.92. The summed E-state index contributed by atoms with van der Waals surface area (Å²) in [6.45, 7) is 0. The van der Waals surface area contributed by atoms with Gasteiger partial charge in [-0.2, -0.15) is 4.99 Å². The third-order valence-corrected chi connectivity index (χ3v) is 5.05.